The van der Waals surface area contributed by atoms with Crippen LogP contribution < -0.4 is 4.90 Å². The SMILES string of the molecule is O=C1c2ccc(Br)cc2C(=O)N1c1ccc(I)cn1. The number of carbonyl (C=O) groups excluding carboxylic acids is 2. The lowest BCUT2D eigenvalue weighted by molar-refractivity contribution is 0.0925. The molecule has 0 unspecified atom stereocenters. The van der Waals surface area contributed by atoms with Crippen molar-refractivity contribution in [2.75, 3.05) is 4.90 Å². The van der Waals surface area contributed by atoms with Gasteiger partial charge in [-0.25, -0.2) is 9.88 Å². The molecule has 0 bridgehead atoms. The fourth-order valence-electron chi connectivity index (χ4n) is 1.92. The molecule has 2 amide bonds. The van der Waals surface area contributed by atoms with Crippen molar-refractivity contribution in [2.45, 2.75) is 0 Å². The first-order chi connectivity index (χ1) is 9.08. The van der Waals surface area contributed by atoms with Crippen molar-refractivity contribution in [2.24, 2.45) is 0 Å². The Labute approximate surface area is 131 Å². The number of halogens is 2. The van der Waals surface area contributed by atoms with Crippen LogP contribution in [0.1, 0.15) is 20.7 Å². The number of hydrogen-bond donors (Lipinski definition) is 0. The second-order valence-electron chi connectivity index (χ2n) is 3.97. The number of pyridine rings is 1. The summed E-state index contributed by atoms with van der Waals surface area (Å²) in [7, 11) is 0. The van der Waals surface area contributed by atoms with Gasteiger partial charge in [0.1, 0.15) is 5.82 Å². The molecule has 0 saturated heterocycles. The number of imide groups is 1. The van der Waals surface area contributed by atoms with Crippen molar-refractivity contribution in [1.82, 2.24) is 4.98 Å². The Morgan fingerprint density at radius 3 is 2.47 bits per heavy atom. The van der Waals surface area contributed by atoms with Crippen LogP contribution in [0.2, 0.25) is 0 Å². The molecule has 94 valence electrons. The maximum Gasteiger partial charge on any atom is 0.267 e. The molecule has 1 aliphatic rings. The third-order valence-corrected chi connectivity index (χ3v) is 3.92. The maximum atomic E-state index is 12.3. The molecule has 2 aromatic rings. The molecule has 19 heavy (non-hydrogen) atoms. The van der Waals surface area contributed by atoms with Gasteiger partial charge in [0.15, 0.2) is 0 Å². The Kier molecular flexibility index (Phi) is 3.14. The van der Waals surface area contributed by atoms with Crippen molar-refractivity contribution in [3.8, 4) is 0 Å². The van der Waals surface area contributed by atoms with Crippen LogP contribution in [0.3, 0.4) is 0 Å². The van der Waals surface area contributed by atoms with E-state index >= 15 is 0 Å². The lowest BCUT2D eigenvalue weighted by Crippen LogP contribution is -2.30. The lowest BCUT2D eigenvalue weighted by atomic mass is 10.1. The molecule has 0 spiro atoms. The molecule has 1 aromatic heterocycles. The Balaban J connectivity index is 2.10. The molecule has 0 aliphatic carbocycles. The highest BCUT2D eigenvalue weighted by atomic mass is 127. The first-order valence-electron chi connectivity index (χ1n) is 5.38. The lowest BCUT2D eigenvalue weighted by Gasteiger charge is -2.12. The Bertz CT molecular complexity index is 700. The van der Waals surface area contributed by atoms with Crippen molar-refractivity contribution in [3.05, 3.63) is 55.7 Å². The summed E-state index contributed by atoms with van der Waals surface area (Å²) in [5.41, 5.74) is 0.813. The second kappa shape index (κ2) is 4.68. The van der Waals surface area contributed by atoms with Crippen molar-refractivity contribution < 1.29 is 9.59 Å². The van der Waals surface area contributed by atoms with Crippen LogP contribution in [0.25, 0.3) is 0 Å². The zero-order chi connectivity index (χ0) is 13.6. The topological polar surface area (TPSA) is 50.3 Å². The fraction of sp³-hybridized carbons (Fsp3) is 0. The van der Waals surface area contributed by atoms with Crippen LogP contribution in [0, 0.1) is 3.57 Å². The van der Waals surface area contributed by atoms with Crippen molar-refractivity contribution in [3.63, 3.8) is 0 Å². The Hall–Kier alpha value is -1.28. The van der Waals surface area contributed by atoms with E-state index in [9.17, 15) is 9.59 Å². The minimum absolute atomic E-state index is 0.332. The molecule has 1 aliphatic heterocycles. The summed E-state index contributed by atoms with van der Waals surface area (Å²) in [6.45, 7) is 0. The highest BCUT2D eigenvalue weighted by molar-refractivity contribution is 14.1. The fourth-order valence-corrected chi connectivity index (χ4v) is 2.60. The molecule has 2 heterocycles. The summed E-state index contributed by atoms with van der Waals surface area (Å²) >= 11 is 5.42. The number of nitrogens with zero attached hydrogens (tertiary/aromatic N) is 2. The molecule has 0 atom stereocenters. The highest BCUT2D eigenvalue weighted by Gasteiger charge is 2.37. The van der Waals surface area contributed by atoms with E-state index in [0.717, 1.165) is 12.9 Å². The summed E-state index contributed by atoms with van der Waals surface area (Å²) in [5, 5.41) is 0. The van der Waals surface area contributed by atoms with E-state index in [1.54, 1.807) is 30.5 Å². The summed E-state index contributed by atoms with van der Waals surface area (Å²) in [4.78, 5) is 29.8. The monoisotopic (exact) mass is 428 g/mol. The quantitative estimate of drug-likeness (QED) is 0.517. The van der Waals surface area contributed by atoms with E-state index in [1.165, 1.54) is 0 Å². The van der Waals surface area contributed by atoms with E-state index in [0.29, 0.717) is 16.9 Å². The van der Waals surface area contributed by atoms with E-state index in [1.807, 2.05) is 6.07 Å². The summed E-state index contributed by atoms with van der Waals surface area (Å²) < 4.78 is 1.71. The standard InChI is InChI=1S/C13H6BrIN2O2/c14-7-1-3-9-10(5-7)13(19)17(12(9)18)11-4-2-8(15)6-16-11/h1-6H. The van der Waals surface area contributed by atoms with E-state index in [-0.39, 0.29) is 11.8 Å². The number of rotatable bonds is 1. The third-order valence-electron chi connectivity index (χ3n) is 2.79. The van der Waals surface area contributed by atoms with Gasteiger partial charge in [0.05, 0.1) is 11.1 Å². The average Bonchev–Trinajstić information content (AvgIpc) is 2.63. The maximum absolute atomic E-state index is 12.3. The van der Waals surface area contributed by atoms with Crippen LogP contribution in [0.15, 0.2) is 41.0 Å². The smallest absolute Gasteiger partial charge is 0.267 e. The van der Waals surface area contributed by atoms with Gasteiger partial charge >= 0.3 is 0 Å². The molecule has 1 aromatic carbocycles. The van der Waals surface area contributed by atoms with E-state index in [4.69, 9.17) is 0 Å². The molecule has 0 radical (unpaired) electrons. The minimum Gasteiger partial charge on any atom is -0.268 e. The molecule has 0 fully saturated rings. The normalized spacial score (nSPS) is 13.9. The second-order valence-corrected chi connectivity index (χ2v) is 6.13. The summed E-state index contributed by atoms with van der Waals surface area (Å²) in [6.07, 6.45) is 1.62. The number of hydrogen-bond acceptors (Lipinski definition) is 3. The van der Waals surface area contributed by atoms with Crippen LogP contribution in [0.5, 0.6) is 0 Å². The van der Waals surface area contributed by atoms with Gasteiger partial charge in [-0.1, -0.05) is 15.9 Å². The van der Waals surface area contributed by atoms with Gasteiger partial charge in [-0.2, -0.15) is 0 Å². The molecular formula is C13H6BrIN2O2. The Morgan fingerprint density at radius 1 is 1.05 bits per heavy atom. The number of carbonyl (C=O) groups is 2. The van der Waals surface area contributed by atoms with Crippen molar-refractivity contribution >= 4 is 56.2 Å². The predicted octanol–water partition coefficient (Wildman–Crippen LogP) is 3.25. The zero-order valence-electron chi connectivity index (χ0n) is 9.43. The van der Waals surface area contributed by atoms with E-state index in [2.05, 4.69) is 43.5 Å². The minimum atomic E-state index is -0.338. The first kappa shape index (κ1) is 12.7. The van der Waals surface area contributed by atoms with Crippen LogP contribution in [-0.2, 0) is 0 Å². The van der Waals surface area contributed by atoms with Crippen molar-refractivity contribution in [1.29, 1.82) is 0 Å². The predicted molar refractivity (Wildman–Crippen MR) is 82.2 cm³/mol. The molecule has 4 nitrogen and oxygen atoms in total. The summed E-state index contributed by atoms with van der Waals surface area (Å²) in [5.74, 6) is -0.320. The number of benzene rings is 1. The molecule has 0 saturated carbocycles. The van der Waals surface area contributed by atoms with Gasteiger partial charge in [-0.05, 0) is 52.9 Å². The number of amides is 2. The molecule has 6 heteroatoms. The summed E-state index contributed by atoms with van der Waals surface area (Å²) in [6, 6.07) is 8.52. The number of aromatic nitrogens is 1. The van der Waals surface area contributed by atoms with Gasteiger partial charge in [0.2, 0.25) is 0 Å². The van der Waals surface area contributed by atoms with Gasteiger partial charge in [0.25, 0.3) is 11.8 Å². The molecule has 3 rings (SSSR count). The van der Waals surface area contributed by atoms with Gasteiger partial charge < -0.3 is 0 Å². The largest absolute Gasteiger partial charge is 0.268 e. The molecule has 0 N–H and O–H groups in total. The highest BCUT2D eigenvalue weighted by Crippen LogP contribution is 2.29. The number of fused-ring (bicyclic) bond motifs is 1. The Morgan fingerprint density at radius 2 is 1.79 bits per heavy atom. The zero-order valence-corrected chi connectivity index (χ0v) is 13.2. The van der Waals surface area contributed by atoms with Gasteiger partial charge in [-0.15, -0.1) is 0 Å². The van der Waals surface area contributed by atoms with Gasteiger partial charge in [0, 0.05) is 14.2 Å². The molecular weight excluding hydrogens is 423 g/mol. The van der Waals surface area contributed by atoms with Gasteiger partial charge in [-0.3, -0.25) is 9.59 Å². The van der Waals surface area contributed by atoms with Crippen LogP contribution in [0.4, 0.5) is 5.82 Å². The average molecular weight is 429 g/mol. The van der Waals surface area contributed by atoms with Crippen LogP contribution in [-0.4, -0.2) is 16.8 Å². The van der Waals surface area contributed by atoms with E-state index < -0.39 is 0 Å². The first-order valence-corrected chi connectivity index (χ1v) is 7.25. The third kappa shape index (κ3) is 2.08. The number of anilines is 1. The van der Waals surface area contributed by atoms with Crippen LogP contribution >= 0.6 is 38.5 Å².